The van der Waals surface area contributed by atoms with E-state index < -0.39 is 17.3 Å². The normalized spacial score (nSPS) is 12.4. The zero-order valence-electron chi connectivity index (χ0n) is 14.7. The van der Waals surface area contributed by atoms with Crippen LogP contribution in [0.25, 0.3) is 5.57 Å². The fourth-order valence-electron chi connectivity index (χ4n) is 2.51. The Balaban J connectivity index is 2.31. The Labute approximate surface area is 145 Å². The molecule has 0 atom stereocenters. The molecule has 0 fully saturated rings. The molecule has 0 aliphatic rings. The van der Waals surface area contributed by atoms with Gasteiger partial charge in [0.05, 0.1) is 17.8 Å². The molecular weight excluding hydrogens is 329 g/mol. The molecule has 2 rings (SSSR count). The number of halogens is 3. The zero-order chi connectivity index (χ0) is 18.8. The number of nitrogens with zero attached hydrogens (tertiary/aromatic N) is 3. The second kappa shape index (κ2) is 7.13. The molecule has 0 aliphatic carbocycles. The number of nitrogens with one attached hydrogen (secondary N) is 1. The van der Waals surface area contributed by atoms with Gasteiger partial charge in [0.25, 0.3) is 5.92 Å². The van der Waals surface area contributed by atoms with Crippen LogP contribution in [0.1, 0.15) is 41.9 Å². The average molecular weight is 350 g/mol. The van der Waals surface area contributed by atoms with Gasteiger partial charge in [0.2, 0.25) is 0 Å². The SMILES string of the molecule is C=NN(/C=C(\C)c1ccc(F)c(C(C)(F)F)c1)Cc1c(C)n[nH]c1C. The Morgan fingerprint density at radius 1 is 1.40 bits per heavy atom. The Hall–Kier alpha value is -2.57. The number of H-pyrrole nitrogens is 1. The van der Waals surface area contributed by atoms with Crippen molar-refractivity contribution in [3.05, 3.63) is 58.3 Å². The minimum absolute atomic E-state index is 0.437. The summed E-state index contributed by atoms with van der Waals surface area (Å²) < 4.78 is 40.7. The number of benzene rings is 1. The molecule has 1 aromatic heterocycles. The minimum atomic E-state index is -3.25. The van der Waals surface area contributed by atoms with Gasteiger partial charge >= 0.3 is 0 Å². The molecule has 0 amide bonds. The largest absolute Gasteiger partial charge is 0.282 e. The first-order valence-corrected chi connectivity index (χ1v) is 7.74. The minimum Gasteiger partial charge on any atom is -0.282 e. The molecule has 7 heteroatoms. The highest BCUT2D eigenvalue weighted by Gasteiger charge is 2.28. The summed E-state index contributed by atoms with van der Waals surface area (Å²) in [7, 11) is 0. The number of aromatic amines is 1. The van der Waals surface area contributed by atoms with Crippen LogP contribution < -0.4 is 0 Å². The summed E-state index contributed by atoms with van der Waals surface area (Å²) in [4.78, 5) is 0. The van der Waals surface area contributed by atoms with Crippen molar-refractivity contribution in [1.29, 1.82) is 0 Å². The number of hydrazone groups is 1. The smallest absolute Gasteiger partial charge is 0.273 e. The molecule has 1 aromatic carbocycles. The molecule has 25 heavy (non-hydrogen) atoms. The highest BCUT2D eigenvalue weighted by Crippen LogP contribution is 2.31. The van der Waals surface area contributed by atoms with Crippen molar-refractivity contribution >= 4 is 12.3 Å². The second-order valence-electron chi connectivity index (χ2n) is 6.05. The van der Waals surface area contributed by atoms with Crippen molar-refractivity contribution in [2.24, 2.45) is 5.10 Å². The highest BCUT2D eigenvalue weighted by atomic mass is 19.3. The van der Waals surface area contributed by atoms with Crippen molar-refractivity contribution in [3.8, 4) is 0 Å². The van der Waals surface area contributed by atoms with E-state index in [0.717, 1.165) is 29.1 Å². The van der Waals surface area contributed by atoms with Gasteiger partial charge in [-0.2, -0.15) is 10.2 Å². The molecule has 1 heterocycles. The average Bonchev–Trinajstić information content (AvgIpc) is 2.85. The number of aryl methyl sites for hydroxylation is 2. The maximum Gasteiger partial charge on any atom is 0.273 e. The molecule has 134 valence electrons. The molecule has 0 aliphatic heterocycles. The predicted octanol–water partition coefficient (Wildman–Crippen LogP) is 4.76. The first-order valence-electron chi connectivity index (χ1n) is 7.74. The van der Waals surface area contributed by atoms with Crippen LogP contribution in [-0.4, -0.2) is 21.9 Å². The maximum atomic E-state index is 13.6. The topological polar surface area (TPSA) is 44.3 Å². The number of hydrogen-bond acceptors (Lipinski definition) is 3. The van der Waals surface area contributed by atoms with E-state index in [4.69, 9.17) is 0 Å². The summed E-state index contributed by atoms with van der Waals surface area (Å²) in [6.45, 7) is 10.2. The van der Waals surface area contributed by atoms with Crippen LogP contribution >= 0.6 is 0 Å². The molecule has 0 spiro atoms. The van der Waals surface area contributed by atoms with Crippen LogP contribution in [-0.2, 0) is 12.5 Å². The van der Waals surface area contributed by atoms with E-state index in [-0.39, 0.29) is 0 Å². The Morgan fingerprint density at radius 3 is 2.60 bits per heavy atom. The molecule has 0 unspecified atom stereocenters. The van der Waals surface area contributed by atoms with E-state index in [2.05, 4.69) is 22.0 Å². The molecule has 1 N–H and O–H groups in total. The van der Waals surface area contributed by atoms with E-state index in [0.29, 0.717) is 24.6 Å². The Kier molecular flexibility index (Phi) is 5.35. The molecule has 4 nitrogen and oxygen atoms in total. The third kappa shape index (κ3) is 4.29. The van der Waals surface area contributed by atoms with E-state index in [1.807, 2.05) is 13.8 Å². The quantitative estimate of drug-likeness (QED) is 0.603. The first-order chi connectivity index (χ1) is 11.6. The molecule has 0 saturated carbocycles. The summed E-state index contributed by atoms with van der Waals surface area (Å²) >= 11 is 0. The summed E-state index contributed by atoms with van der Waals surface area (Å²) in [6.07, 6.45) is 1.68. The first kappa shape index (κ1) is 18.8. The van der Waals surface area contributed by atoms with Crippen LogP contribution in [0.2, 0.25) is 0 Å². The summed E-state index contributed by atoms with van der Waals surface area (Å²) in [5.41, 5.74) is 3.29. The van der Waals surface area contributed by atoms with Crippen molar-refractivity contribution < 1.29 is 13.2 Å². The van der Waals surface area contributed by atoms with Gasteiger partial charge in [-0.1, -0.05) is 6.07 Å². The van der Waals surface area contributed by atoms with E-state index in [1.165, 1.54) is 6.07 Å². The number of alkyl halides is 2. The second-order valence-corrected chi connectivity index (χ2v) is 6.05. The van der Waals surface area contributed by atoms with E-state index in [9.17, 15) is 13.2 Å². The Bertz CT molecular complexity index is 784. The number of hydrogen-bond donors (Lipinski definition) is 1. The van der Waals surface area contributed by atoms with E-state index >= 15 is 0 Å². The fourth-order valence-corrected chi connectivity index (χ4v) is 2.51. The van der Waals surface area contributed by atoms with Crippen LogP contribution in [0.5, 0.6) is 0 Å². The molecule has 0 bridgehead atoms. The number of rotatable bonds is 6. The summed E-state index contributed by atoms with van der Waals surface area (Å²) in [5, 5.41) is 12.6. The summed E-state index contributed by atoms with van der Waals surface area (Å²) in [5.74, 6) is -4.17. The van der Waals surface area contributed by atoms with Gasteiger partial charge in [-0.15, -0.1) is 0 Å². The lowest BCUT2D eigenvalue weighted by Crippen LogP contribution is -2.12. The lowest BCUT2D eigenvalue weighted by atomic mass is 10.0. The zero-order valence-corrected chi connectivity index (χ0v) is 14.7. The highest BCUT2D eigenvalue weighted by molar-refractivity contribution is 5.64. The van der Waals surface area contributed by atoms with E-state index in [1.54, 1.807) is 18.1 Å². The molecule has 2 aromatic rings. The van der Waals surface area contributed by atoms with Crippen molar-refractivity contribution in [2.75, 3.05) is 0 Å². The van der Waals surface area contributed by atoms with Gasteiger partial charge in [0.15, 0.2) is 0 Å². The Morgan fingerprint density at radius 2 is 2.08 bits per heavy atom. The lowest BCUT2D eigenvalue weighted by molar-refractivity contribution is 0.0137. The maximum absolute atomic E-state index is 13.6. The molecule has 0 radical (unpaired) electrons. The lowest BCUT2D eigenvalue weighted by Gasteiger charge is -2.17. The fraction of sp³-hybridized carbons (Fsp3) is 0.333. The summed E-state index contributed by atoms with van der Waals surface area (Å²) in [6, 6.07) is 3.68. The third-order valence-corrected chi connectivity index (χ3v) is 4.02. The van der Waals surface area contributed by atoms with Gasteiger partial charge in [0.1, 0.15) is 5.82 Å². The van der Waals surface area contributed by atoms with Crippen LogP contribution in [0.4, 0.5) is 13.2 Å². The van der Waals surface area contributed by atoms with Gasteiger partial charge in [-0.3, -0.25) is 10.1 Å². The molecular formula is C18H21F3N4. The standard InChI is InChI=1S/C18H21F3N4/c1-11(14-6-7-17(19)16(8-14)18(4,20)21)9-25(22-5)10-15-12(2)23-24-13(15)3/h6-9H,5,10H2,1-4H3,(H,23,24)/b11-9+. The van der Waals surface area contributed by atoms with Gasteiger partial charge in [0, 0.05) is 31.1 Å². The van der Waals surface area contributed by atoms with Gasteiger partial charge in [-0.05, 0) is 44.0 Å². The van der Waals surface area contributed by atoms with Gasteiger partial charge in [-0.25, -0.2) is 13.2 Å². The van der Waals surface area contributed by atoms with Crippen molar-refractivity contribution in [2.45, 2.75) is 40.2 Å². The predicted molar refractivity (Wildman–Crippen MR) is 92.8 cm³/mol. The number of allylic oxidation sites excluding steroid dienone is 1. The van der Waals surface area contributed by atoms with Crippen molar-refractivity contribution in [3.63, 3.8) is 0 Å². The third-order valence-electron chi connectivity index (χ3n) is 4.02. The monoisotopic (exact) mass is 350 g/mol. The molecule has 0 saturated heterocycles. The van der Waals surface area contributed by atoms with Crippen LogP contribution in [0, 0.1) is 19.7 Å². The van der Waals surface area contributed by atoms with Crippen LogP contribution in [0.15, 0.2) is 29.5 Å². The van der Waals surface area contributed by atoms with Crippen LogP contribution in [0.3, 0.4) is 0 Å². The van der Waals surface area contributed by atoms with Gasteiger partial charge < -0.3 is 0 Å². The van der Waals surface area contributed by atoms with Crippen molar-refractivity contribution in [1.82, 2.24) is 15.2 Å². The number of aromatic nitrogens is 2.